The fourth-order valence-corrected chi connectivity index (χ4v) is 4.18. The van der Waals surface area contributed by atoms with E-state index in [2.05, 4.69) is 15.4 Å². The molecular weight excluding hydrogens is 426 g/mol. The maximum atomic E-state index is 12.6. The minimum atomic E-state index is -3.73. The standard InChI is InChI=1S/C24H25N3O4S/c1-16-7-12-22(13-17(16)2)32(30,31)27-21-10-8-19(9-11-21)24(29)26-15-18-5-4-6-20(14-18)23(28)25-3/h4-14,27H,15H2,1-3H3,(H,25,28)(H,26,29). The van der Waals surface area contributed by atoms with Crippen molar-refractivity contribution in [3.05, 3.63) is 94.5 Å². The number of hydrogen-bond donors (Lipinski definition) is 3. The third kappa shape index (κ3) is 5.53. The molecule has 0 aromatic heterocycles. The Kier molecular flexibility index (Phi) is 6.95. The second-order valence-corrected chi connectivity index (χ2v) is 9.07. The molecule has 0 heterocycles. The van der Waals surface area contributed by atoms with Gasteiger partial charge < -0.3 is 10.6 Å². The first-order valence-corrected chi connectivity index (χ1v) is 11.5. The Labute approximate surface area is 187 Å². The highest BCUT2D eigenvalue weighted by Gasteiger charge is 2.15. The number of carbonyl (C=O) groups is 2. The summed E-state index contributed by atoms with van der Waals surface area (Å²) in [6, 6.07) is 18.1. The van der Waals surface area contributed by atoms with Crippen LogP contribution in [-0.2, 0) is 16.6 Å². The van der Waals surface area contributed by atoms with Gasteiger partial charge in [-0.1, -0.05) is 18.2 Å². The molecule has 0 aliphatic rings. The van der Waals surface area contributed by atoms with Crippen molar-refractivity contribution in [1.82, 2.24) is 10.6 Å². The number of carbonyl (C=O) groups excluding carboxylic acids is 2. The largest absolute Gasteiger partial charge is 0.355 e. The average molecular weight is 452 g/mol. The number of hydrogen-bond acceptors (Lipinski definition) is 4. The van der Waals surface area contributed by atoms with Gasteiger partial charge in [0, 0.05) is 30.4 Å². The zero-order chi connectivity index (χ0) is 23.3. The topological polar surface area (TPSA) is 104 Å². The summed E-state index contributed by atoms with van der Waals surface area (Å²) in [6.07, 6.45) is 0. The van der Waals surface area contributed by atoms with Crippen molar-refractivity contribution in [3.63, 3.8) is 0 Å². The second-order valence-electron chi connectivity index (χ2n) is 7.39. The van der Waals surface area contributed by atoms with E-state index in [-0.39, 0.29) is 23.3 Å². The zero-order valence-corrected chi connectivity index (χ0v) is 18.9. The summed E-state index contributed by atoms with van der Waals surface area (Å²) in [6.45, 7) is 4.03. The lowest BCUT2D eigenvalue weighted by Crippen LogP contribution is -2.23. The lowest BCUT2D eigenvalue weighted by Gasteiger charge is -2.11. The van der Waals surface area contributed by atoms with Gasteiger partial charge in [-0.05, 0) is 79.1 Å². The molecule has 32 heavy (non-hydrogen) atoms. The highest BCUT2D eigenvalue weighted by molar-refractivity contribution is 7.92. The molecule has 0 atom stereocenters. The molecule has 0 spiro atoms. The molecule has 0 radical (unpaired) electrons. The number of anilines is 1. The summed E-state index contributed by atoms with van der Waals surface area (Å²) in [5.41, 5.74) is 3.96. The minimum absolute atomic E-state index is 0.182. The number of benzene rings is 3. The van der Waals surface area contributed by atoms with Crippen molar-refractivity contribution in [1.29, 1.82) is 0 Å². The third-order valence-electron chi connectivity index (χ3n) is 5.06. The predicted octanol–water partition coefficient (Wildman–Crippen LogP) is 3.39. The van der Waals surface area contributed by atoms with E-state index in [0.717, 1.165) is 16.7 Å². The van der Waals surface area contributed by atoms with Crippen molar-refractivity contribution in [2.24, 2.45) is 0 Å². The lowest BCUT2D eigenvalue weighted by molar-refractivity contribution is 0.0948. The minimum Gasteiger partial charge on any atom is -0.355 e. The molecule has 3 aromatic rings. The molecule has 0 fully saturated rings. The summed E-state index contributed by atoms with van der Waals surface area (Å²) in [5.74, 6) is -0.504. The van der Waals surface area contributed by atoms with Gasteiger partial charge in [0.25, 0.3) is 21.8 Å². The quantitative estimate of drug-likeness (QED) is 0.512. The zero-order valence-electron chi connectivity index (χ0n) is 18.1. The summed E-state index contributed by atoms with van der Waals surface area (Å²) in [7, 11) is -2.17. The lowest BCUT2D eigenvalue weighted by atomic mass is 10.1. The van der Waals surface area contributed by atoms with Crippen molar-refractivity contribution in [2.45, 2.75) is 25.3 Å². The van der Waals surface area contributed by atoms with Crippen LogP contribution < -0.4 is 15.4 Å². The van der Waals surface area contributed by atoms with Crippen LogP contribution in [0.25, 0.3) is 0 Å². The van der Waals surface area contributed by atoms with Crippen LogP contribution in [0.1, 0.15) is 37.4 Å². The van der Waals surface area contributed by atoms with E-state index in [4.69, 9.17) is 0 Å². The summed E-state index contributed by atoms with van der Waals surface area (Å²) in [5, 5.41) is 5.36. The van der Waals surface area contributed by atoms with Crippen LogP contribution in [-0.4, -0.2) is 27.3 Å². The summed E-state index contributed by atoms with van der Waals surface area (Å²) in [4.78, 5) is 24.4. The summed E-state index contributed by atoms with van der Waals surface area (Å²) < 4.78 is 27.8. The van der Waals surface area contributed by atoms with Gasteiger partial charge in [0.1, 0.15) is 0 Å². The first-order chi connectivity index (χ1) is 15.2. The smallest absolute Gasteiger partial charge is 0.261 e. The Morgan fingerprint density at radius 2 is 1.53 bits per heavy atom. The third-order valence-corrected chi connectivity index (χ3v) is 6.44. The Morgan fingerprint density at radius 1 is 0.812 bits per heavy atom. The van der Waals surface area contributed by atoms with E-state index in [1.54, 1.807) is 67.7 Å². The molecule has 3 rings (SSSR count). The summed E-state index contributed by atoms with van der Waals surface area (Å²) >= 11 is 0. The molecule has 0 unspecified atom stereocenters. The number of nitrogens with one attached hydrogen (secondary N) is 3. The van der Waals surface area contributed by atoms with Gasteiger partial charge in [0.05, 0.1) is 4.90 Å². The molecule has 2 amide bonds. The van der Waals surface area contributed by atoms with E-state index in [9.17, 15) is 18.0 Å². The van der Waals surface area contributed by atoms with E-state index < -0.39 is 10.0 Å². The van der Waals surface area contributed by atoms with Crippen molar-refractivity contribution < 1.29 is 18.0 Å². The molecule has 0 aliphatic carbocycles. The van der Waals surface area contributed by atoms with Gasteiger partial charge in [0.2, 0.25) is 0 Å². The maximum absolute atomic E-state index is 12.6. The van der Waals surface area contributed by atoms with Gasteiger partial charge in [-0.3, -0.25) is 14.3 Å². The van der Waals surface area contributed by atoms with Gasteiger partial charge in [-0.15, -0.1) is 0 Å². The Morgan fingerprint density at radius 3 is 2.19 bits per heavy atom. The van der Waals surface area contributed by atoms with Crippen LogP contribution in [0, 0.1) is 13.8 Å². The van der Waals surface area contributed by atoms with E-state index in [0.29, 0.717) is 16.8 Å². The molecule has 3 aromatic carbocycles. The van der Waals surface area contributed by atoms with Crippen molar-refractivity contribution >= 4 is 27.5 Å². The highest BCUT2D eigenvalue weighted by atomic mass is 32.2. The second kappa shape index (κ2) is 9.65. The van der Waals surface area contributed by atoms with Crippen LogP contribution in [0.5, 0.6) is 0 Å². The van der Waals surface area contributed by atoms with Gasteiger partial charge in [0.15, 0.2) is 0 Å². The molecule has 0 saturated carbocycles. The molecule has 3 N–H and O–H groups in total. The number of aryl methyl sites for hydroxylation is 2. The number of amides is 2. The fourth-order valence-electron chi connectivity index (χ4n) is 3.04. The van der Waals surface area contributed by atoms with Crippen molar-refractivity contribution in [2.75, 3.05) is 11.8 Å². The Hall–Kier alpha value is -3.65. The van der Waals surface area contributed by atoms with Gasteiger partial charge in [-0.2, -0.15) is 0 Å². The Balaban J connectivity index is 1.64. The van der Waals surface area contributed by atoms with Crippen LogP contribution >= 0.6 is 0 Å². The molecule has 0 bridgehead atoms. The van der Waals surface area contributed by atoms with Crippen molar-refractivity contribution in [3.8, 4) is 0 Å². The Bertz CT molecular complexity index is 1250. The van der Waals surface area contributed by atoms with Crippen LogP contribution in [0.2, 0.25) is 0 Å². The number of rotatable bonds is 7. The monoisotopic (exact) mass is 451 g/mol. The molecule has 0 aliphatic heterocycles. The van der Waals surface area contributed by atoms with E-state index in [1.165, 1.54) is 0 Å². The molecular formula is C24H25N3O4S. The molecule has 8 heteroatoms. The molecule has 166 valence electrons. The average Bonchev–Trinajstić information content (AvgIpc) is 2.79. The first-order valence-electron chi connectivity index (χ1n) is 9.99. The van der Waals surface area contributed by atoms with E-state index in [1.807, 2.05) is 19.9 Å². The normalized spacial score (nSPS) is 11.0. The molecule has 7 nitrogen and oxygen atoms in total. The predicted molar refractivity (Wildman–Crippen MR) is 124 cm³/mol. The SMILES string of the molecule is CNC(=O)c1cccc(CNC(=O)c2ccc(NS(=O)(=O)c3ccc(C)c(C)c3)cc2)c1. The van der Waals surface area contributed by atoms with Gasteiger partial charge in [-0.25, -0.2) is 8.42 Å². The van der Waals surface area contributed by atoms with Crippen LogP contribution in [0.3, 0.4) is 0 Å². The van der Waals surface area contributed by atoms with Crippen LogP contribution in [0.15, 0.2) is 71.6 Å². The number of sulfonamides is 1. The molecule has 0 saturated heterocycles. The fraction of sp³-hybridized carbons (Fsp3) is 0.167. The maximum Gasteiger partial charge on any atom is 0.261 e. The van der Waals surface area contributed by atoms with E-state index >= 15 is 0 Å². The highest BCUT2D eigenvalue weighted by Crippen LogP contribution is 2.19. The van der Waals surface area contributed by atoms with Crippen LogP contribution in [0.4, 0.5) is 5.69 Å². The van der Waals surface area contributed by atoms with Gasteiger partial charge >= 0.3 is 0 Å². The first kappa shape index (κ1) is 23.0.